The van der Waals surface area contributed by atoms with E-state index in [0.717, 1.165) is 6.07 Å². The van der Waals surface area contributed by atoms with Gasteiger partial charge in [-0.25, -0.2) is 8.78 Å². The van der Waals surface area contributed by atoms with Gasteiger partial charge in [-0.05, 0) is 48.4 Å². The number of carbonyl (C=O) groups excluding carboxylic acids is 2. The number of piperidine rings is 1. The minimum atomic E-state index is -1.67. The second-order valence-electron chi connectivity index (χ2n) is 12.0. The first kappa shape index (κ1) is 30.2. The minimum Gasteiger partial charge on any atom is -0.352 e. The predicted molar refractivity (Wildman–Crippen MR) is 151 cm³/mol. The number of amides is 2. The molecule has 2 saturated heterocycles. The number of rotatable bonds is 5. The third kappa shape index (κ3) is 5.83. The van der Waals surface area contributed by atoms with E-state index in [1.54, 1.807) is 11.0 Å². The van der Waals surface area contributed by atoms with Crippen molar-refractivity contribution < 1.29 is 18.4 Å². The minimum absolute atomic E-state index is 0.0208. The van der Waals surface area contributed by atoms with Crippen molar-refractivity contribution in [1.29, 1.82) is 5.26 Å². The molecule has 2 aromatic rings. The first-order valence-electron chi connectivity index (χ1n) is 13.4. The van der Waals surface area contributed by atoms with Gasteiger partial charge in [0.25, 0.3) is 0 Å². The Hall–Kier alpha value is -2.73. The summed E-state index contributed by atoms with van der Waals surface area (Å²) in [7, 11) is 0. The number of likely N-dealkylation sites (tertiary alicyclic amines) is 1. The fourth-order valence-corrected chi connectivity index (χ4v) is 6.53. The number of carbonyl (C=O) groups is 2. The highest BCUT2D eigenvalue weighted by molar-refractivity contribution is 6.31. The Balaban J connectivity index is 1.84. The topological polar surface area (TPSA) is 85.2 Å². The number of nitrogens with zero attached hydrogens (tertiary/aromatic N) is 2. The summed E-state index contributed by atoms with van der Waals surface area (Å²) >= 11 is 12.3. The van der Waals surface area contributed by atoms with E-state index in [-0.39, 0.29) is 38.5 Å². The van der Waals surface area contributed by atoms with Gasteiger partial charge in [-0.1, -0.05) is 62.2 Å². The van der Waals surface area contributed by atoms with Gasteiger partial charge in [0.05, 0.1) is 17.1 Å². The van der Waals surface area contributed by atoms with Crippen LogP contribution in [0.15, 0.2) is 36.4 Å². The molecule has 4 atom stereocenters. The van der Waals surface area contributed by atoms with E-state index < -0.39 is 41.0 Å². The van der Waals surface area contributed by atoms with Crippen molar-refractivity contribution in [3.63, 3.8) is 0 Å². The van der Waals surface area contributed by atoms with Crippen LogP contribution in [0.5, 0.6) is 0 Å². The Bertz CT molecular complexity index is 1330. The molecule has 0 bridgehead atoms. The first-order chi connectivity index (χ1) is 18.8. The molecule has 2 aromatic carbocycles. The van der Waals surface area contributed by atoms with Crippen molar-refractivity contribution in [3.05, 3.63) is 69.2 Å². The molecule has 4 rings (SSSR count). The van der Waals surface area contributed by atoms with Gasteiger partial charge in [0.2, 0.25) is 11.8 Å². The second-order valence-corrected chi connectivity index (χ2v) is 12.8. The summed E-state index contributed by atoms with van der Waals surface area (Å²) in [5, 5.41) is 17.3. The molecule has 0 radical (unpaired) electrons. The molecule has 2 heterocycles. The Morgan fingerprint density at radius 3 is 2.42 bits per heavy atom. The van der Waals surface area contributed by atoms with Crippen molar-refractivity contribution >= 4 is 35.0 Å². The monoisotopic (exact) mass is 590 g/mol. The van der Waals surface area contributed by atoms with Crippen LogP contribution in [0.2, 0.25) is 10.0 Å². The average Bonchev–Trinajstić information content (AvgIpc) is 3.19. The Kier molecular flexibility index (Phi) is 8.79. The van der Waals surface area contributed by atoms with Crippen LogP contribution in [0.4, 0.5) is 8.78 Å². The zero-order chi connectivity index (χ0) is 29.4. The van der Waals surface area contributed by atoms with Crippen LogP contribution in [0.3, 0.4) is 0 Å². The lowest BCUT2D eigenvalue weighted by molar-refractivity contribution is -0.130. The maximum atomic E-state index is 15.7. The van der Waals surface area contributed by atoms with Gasteiger partial charge in [0.1, 0.15) is 17.0 Å². The summed E-state index contributed by atoms with van der Waals surface area (Å²) in [6.45, 7) is 8.49. The molecule has 214 valence electrons. The van der Waals surface area contributed by atoms with E-state index in [2.05, 4.69) is 16.7 Å². The van der Waals surface area contributed by atoms with Crippen molar-refractivity contribution in [2.75, 3.05) is 13.1 Å². The van der Waals surface area contributed by atoms with Gasteiger partial charge in [0.15, 0.2) is 0 Å². The highest BCUT2D eigenvalue weighted by atomic mass is 35.5. The smallest absolute Gasteiger partial charge is 0.238 e. The molecule has 2 N–H and O–H groups in total. The average molecular weight is 592 g/mol. The number of benzene rings is 2. The molecule has 4 unspecified atom stereocenters. The second kappa shape index (κ2) is 11.6. The van der Waals surface area contributed by atoms with E-state index in [4.69, 9.17) is 23.2 Å². The van der Waals surface area contributed by atoms with Crippen LogP contribution in [0, 0.1) is 28.4 Å². The molecule has 0 spiro atoms. The molecule has 0 saturated carbocycles. The van der Waals surface area contributed by atoms with Crippen molar-refractivity contribution in [2.45, 2.75) is 76.4 Å². The van der Waals surface area contributed by atoms with Gasteiger partial charge in [-0.15, -0.1) is 0 Å². The van der Waals surface area contributed by atoms with Crippen LogP contribution >= 0.6 is 23.2 Å². The van der Waals surface area contributed by atoms with Crippen LogP contribution in [0.1, 0.15) is 64.0 Å². The van der Waals surface area contributed by atoms with E-state index in [1.807, 2.05) is 20.8 Å². The largest absolute Gasteiger partial charge is 0.352 e. The number of hydrogen-bond donors (Lipinski definition) is 2. The molecule has 2 aliphatic rings. The maximum absolute atomic E-state index is 15.7. The first-order valence-corrected chi connectivity index (χ1v) is 14.2. The van der Waals surface area contributed by atoms with E-state index in [0.29, 0.717) is 32.4 Å². The van der Waals surface area contributed by atoms with Crippen molar-refractivity contribution in [2.24, 2.45) is 5.41 Å². The number of nitrogens with one attached hydrogen (secondary N) is 2. The summed E-state index contributed by atoms with van der Waals surface area (Å²) in [5.41, 5.74) is -1.91. The summed E-state index contributed by atoms with van der Waals surface area (Å²) in [4.78, 5) is 27.4. The van der Waals surface area contributed by atoms with Crippen LogP contribution < -0.4 is 10.6 Å². The molecular weight excluding hydrogens is 557 g/mol. The van der Waals surface area contributed by atoms with Crippen molar-refractivity contribution in [3.8, 4) is 6.07 Å². The Labute approximate surface area is 244 Å². The molecule has 2 amide bonds. The molecule has 2 aliphatic heterocycles. The zero-order valence-electron chi connectivity index (χ0n) is 23.0. The number of nitriles is 1. The standard InChI is InChI=1S/C30H34Cl2F2N4O2/c1-17(39)38-12-10-19(11-13-38)36-28(40)27-25(20-6-5-7-22(32)26(20)34)30(16-35,24(37-27)15-29(2,3)4)21-9-8-18(31)14-23(21)33/h5-9,14,19,24-25,27,37H,10-13,15H2,1-4H3,(H,36,40). The third-order valence-electron chi connectivity index (χ3n) is 8.02. The lowest BCUT2D eigenvalue weighted by atomic mass is 9.62. The highest BCUT2D eigenvalue weighted by Gasteiger charge is 2.61. The quantitative estimate of drug-likeness (QED) is 0.466. The van der Waals surface area contributed by atoms with E-state index in [9.17, 15) is 14.9 Å². The Morgan fingerprint density at radius 2 is 1.85 bits per heavy atom. The van der Waals surface area contributed by atoms with Crippen molar-refractivity contribution in [1.82, 2.24) is 15.5 Å². The van der Waals surface area contributed by atoms with Gasteiger partial charge in [0, 0.05) is 48.6 Å². The summed E-state index contributed by atoms with van der Waals surface area (Å²) in [6.07, 6.45) is 1.52. The van der Waals surface area contributed by atoms with E-state index >= 15 is 8.78 Å². The van der Waals surface area contributed by atoms with Gasteiger partial charge >= 0.3 is 0 Å². The molecule has 10 heteroatoms. The van der Waals surface area contributed by atoms with E-state index in [1.165, 1.54) is 31.2 Å². The molecule has 40 heavy (non-hydrogen) atoms. The highest BCUT2D eigenvalue weighted by Crippen LogP contribution is 2.52. The lowest BCUT2D eigenvalue weighted by Crippen LogP contribution is -2.52. The molecule has 2 fully saturated rings. The van der Waals surface area contributed by atoms with Gasteiger partial charge < -0.3 is 15.5 Å². The third-order valence-corrected chi connectivity index (χ3v) is 8.55. The van der Waals surface area contributed by atoms with Gasteiger partial charge in [-0.2, -0.15) is 5.26 Å². The summed E-state index contributed by atoms with van der Waals surface area (Å²) < 4.78 is 31.4. The van der Waals surface area contributed by atoms with Gasteiger partial charge in [-0.3, -0.25) is 9.59 Å². The molecule has 6 nitrogen and oxygen atoms in total. The fraction of sp³-hybridized carbons (Fsp3) is 0.500. The fourth-order valence-electron chi connectivity index (χ4n) is 6.19. The molecule has 0 aliphatic carbocycles. The lowest BCUT2D eigenvalue weighted by Gasteiger charge is -2.37. The normalized spacial score (nSPS) is 25.5. The molecular formula is C30H34Cl2F2N4O2. The SMILES string of the molecule is CC(=O)N1CCC(NC(=O)C2NC(CC(C)(C)C)C(C#N)(c3ccc(Cl)cc3F)C2c2cccc(Cl)c2F)CC1. The summed E-state index contributed by atoms with van der Waals surface area (Å²) in [6, 6.07) is 8.88. The summed E-state index contributed by atoms with van der Waals surface area (Å²) in [5.74, 6) is -3.02. The zero-order valence-corrected chi connectivity index (χ0v) is 24.5. The predicted octanol–water partition coefficient (Wildman–Crippen LogP) is 5.72. The van der Waals surface area contributed by atoms with Crippen LogP contribution in [-0.4, -0.2) is 47.9 Å². The Morgan fingerprint density at radius 1 is 1.18 bits per heavy atom. The molecule has 0 aromatic heterocycles. The maximum Gasteiger partial charge on any atom is 0.238 e. The number of hydrogen-bond acceptors (Lipinski definition) is 4. The van der Waals surface area contributed by atoms with Crippen LogP contribution in [0.25, 0.3) is 0 Å². The van der Waals surface area contributed by atoms with Crippen LogP contribution in [-0.2, 0) is 15.0 Å². The number of halogens is 4.